The molecule has 0 saturated carbocycles. The molecule has 0 aromatic heterocycles. The number of benzene rings is 2. The summed E-state index contributed by atoms with van der Waals surface area (Å²) in [5.41, 5.74) is 0.527. The predicted octanol–water partition coefficient (Wildman–Crippen LogP) is 2.92. The second kappa shape index (κ2) is 5.87. The minimum Gasteiger partial charge on any atom is -0.207 e. The lowest BCUT2D eigenvalue weighted by atomic mass is 10.2. The summed E-state index contributed by atoms with van der Waals surface area (Å²) in [6.07, 6.45) is 0. The second-order valence-corrected chi connectivity index (χ2v) is 6.48. The number of hydrogen-bond donors (Lipinski definition) is 0. The minimum absolute atomic E-state index is 0.0848. The van der Waals surface area contributed by atoms with Crippen LogP contribution in [-0.4, -0.2) is 19.8 Å². The molecule has 7 heteroatoms. The van der Waals surface area contributed by atoms with Crippen LogP contribution in [0.15, 0.2) is 47.4 Å². The molecule has 0 saturated heterocycles. The summed E-state index contributed by atoms with van der Waals surface area (Å²) < 4.78 is 64.8. The summed E-state index contributed by atoms with van der Waals surface area (Å²) in [7, 11) is -2.94. The van der Waals surface area contributed by atoms with Crippen LogP contribution in [0.1, 0.15) is 5.56 Å². The van der Waals surface area contributed by atoms with Gasteiger partial charge in [-0.1, -0.05) is 12.1 Å². The Bertz CT molecular complexity index is 745. The van der Waals surface area contributed by atoms with Crippen molar-refractivity contribution in [2.75, 3.05) is 7.05 Å². The summed E-state index contributed by atoms with van der Waals surface area (Å²) in [5, 5.41) is 0. The van der Waals surface area contributed by atoms with Gasteiger partial charge in [-0.3, -0.25) is 0 Å². The Labute approximate surface area is 120 Å². The van der Waals surface area contributed by atoms with E-state index in [4.69, 9.17) is 0 Å². The fourth-order valence-corrected chi connectivity index (χ4v) is 3.01. The lowest BCUT2D eigenvalue weighted by Gasteiger charge is -2.17. The van der Waals surface area contributed by atoms with E-state index in [1.165, 1.54) is 31.3 Å². The molecule has 0 aliphatic rings. The van der Waals surface area contributed by atoms with Crippen LogP contribution in [0.3, 0.4) is 0 Å². The van der Waals surface area contributed by atoms with E-state index < -0.39 is 32.4 Å². The van der Waals surface area contributed by atoms with Gasteiger partial charge in [-0.05, 0) is 35.9 Å². The SMILES string of the molecule is CN(Cc1ccc(F)cc1)S(=O)(=O)c1cc(F)ccc1F. The van der Waals surface area contributed by atoms with Crippen molar-refractivity contribution in [3.05, 3.63) is 65.5 Å². The average Bonchev–Trinajstić information content (AvgIpc) is 2.43. The molecule has 21 heavy (non-hydrogen) atoms. The third kappa shape index (κ3) is 3.43. The summed E-state index contributed by atoms with van der Waals surface area (Å²) in [6.45, 7) is -0.0848. The van der Waals surface area contributed by atoms with E-state index in [1.54, 1.807) is 0 Å². The summed E-state index contributed by atoms with van der Waals surface area (Å²) in [5.74, 6) is -2.31. The Morgan fingerprint density at radius 2 is 1.52 bits per heavy atom. The molecule has 0 N–H and O–H groups in total. The molecular formula is C14H12F3NO2S. The van der Waals surface area contributed by atoms with Crippen molar-refractivity contribution in [2.45, 2.75) is 11.4 Å². The highest BCUT2D eigenvalue weighted by atomic mass is 32.2. The summed E-state index contributed by atoms with van der Waals surface area (Å²) in [6, 6.07) is 7.46. The first-order valence-electron chi connectivity index (χ1n) is 5.96. The Morgan fingerprint density at radius 1 is 0.952 bits per heavy atom. The van der Waals surface area contributed by atoms with Gasteiger partial charge in [0.15, 0.2) is 0 Å². The van der Waals surface area contributed by atoms with Gasteiger partial charge in [0.1, 0.15) is 22.3 Å². The van der Waals surface area contributed by atoms with Gasteiger partial charge in [0.25, 0.3) is 0 Å². The molecule has 0 bridgehead atoms. The Hall–Kier alpha value is -1.86. The van der Waals surface area contributed by atoms with Crippen LogP contribution in [0.4, 0.5) is 13.2 Å². The average molecular weight is 315 g/mol. The molecule has 0 fully saturated rings. The van der Waals surface area contributed by atoms with Crippen molar-refractivity contribution in [3.8, 4) is 0 Å². The zero-order chi connectivity index (χ0) is 15.6. The predicted molar refractivity (Wildman–Crippen MR) is 71.4 cm³/mol. The summed E-state index contributed by atoms with van der Waals surface area (Å²) in [4.78, 5) is -0.730. The van der Waals surface area contributed by atoms with E-state index in [0.29, 0.717) is 11.6 Å². The molecule has 0 spiro atoms. The maximum Gasteiger partial charge on any atom is 0.246 e. The van der Waals surface area contributed by atoms with E-state index in [0.717, 1.165) is 16.4 Å². The molecule has 2 aromatic carbocycles. The molecule has 112 valence electrons. The van der Waals surface area contributed by atoms with Crippen molar-refractivity contribution in [3.63, 3.8) is 0 Å². The van der Waals surface area contributed by atoms with E-state index in [9.17, 15) is 21.6 Å². The zero-order valence-corrected chi connectivity index (χ0v) is 11.9. The van der Waals surface area contributed by atoms with Gasteiger partial charge >= 0.3 is 0 Å². The molecule has 0 atom stereocenters. The van der Waals surface area contributed by atoms with Crippen molar-refractivity contribution in [2.24, 2.45) is 0 Å². The van der Waals surface area contributed by atoms with Crippen LogP contribution >= 0.6 is 0 Å². The smallest absolute Gasteiger partial charge is 0.207 e. The van der Waals surface area contributed by atoms with Crippen LogP contribution in [-0.2, 0) is 16.6 Å². The normalized spacial score (nSPS) is 11.9. The quantitative estimate of drug-likeness (QED) is 0.870. The van der Waals surface area contributed by atoms with Crippen LogP contribution in [0.25, 0.3) is 0 Å². The second-order valence-electron chi connectivity index (χ2n) is 4.46. The Morgan fingerprint density at radius 3 is 2.14 bits per heavy atom. The van der Waals surface area contributed by atoms with E-state index in [-0.39, 0.29) is 6.54 Å². The first kappa shape index (κ1) is 15.5. The monoisotopic (exact) mass is 315 g/mol. The number of sulfonamides is 1. The molecule has 3 nitrogen and oxygen atoms in total. The maximum absolute atomic E-state index is 13.6. The lowest BCUT2D eigenvalue weighted by Crippen LogP contribution is -2.27. The molecule has 2 aromatic rings. The zero-order valence-electron chi connectivity index (χ0n) is 11.1. The molecule has 2 rings (SSSR count). The lowest BCUT2D eigenvalue weighted by molar-refractivity contribution is 0.458. The molecule has 0 heterocycles. The van der Waals surface area contributed by atoms with Gasteiger partial charge in [-0.2, -0.15) is 4.31 Å². The number of rotatable bonds is 4. The van der Waals surface area contributed by atoms with Crippen LogP contribution in [0.5, 0.6) is 0 Å². The fraction of sp³-hybridized carbons (Fsp3) is 0.143. The maximum atomic E-state index is 13.6. The third-order valence-electron chi connectivity index (χ3n) is 2.90. The van der Waals surface area contributed by atoms with Gasteiger partial charge in [0.2, 0.25) is 10.0 Å². The van der Waals surface area contributed by atoms with Crippen molar-refractivity contribution >= 4 is 10.0 Å². The van der Waals surface area contributed by atoms with Crippen LogP contribution in [0.2, 0.25) is 0 Å². The Kier molecular flexibility index (Phi) is 4.34. The van der Waals surface area contributed by atoms with E-state index >= 15 is 0 Å². The molecule has 0 amide bonds. The molecule has 0 unspecified atom stereocenters. The standard InChI is InChI=1S/C14H12F3NO2S/c1-18(9-10-2-4-11(15)5-3-10)21(19,20)14-8-12(16)6-7-13(14)17/h2-8H,9H2,1H3. The number of hydrogen-bond acceptors (Lipinski definition) is 2. The number of nitrogens with zero attached hydrogens (tertiary/aromatic N) is 1. The van der Waals surface area contributed by atoms with Gasteiger partial charge in [0, 0.05) is 13.6 Å². The first-order valence-corrected chi connectivity index (χ1v) is 7.40. The summed E-state index contributed by atoms with van der Waals surface area (Å²) >= 11 is 0. The molecule has 0 radical (unpaired) electrons. The topological polar surface area (TPSA) is 37.4 Å². The van der Waals surface area contributed by atoms with Gasteiger partial charge in [0.05, 0.1) is 0 Å². The molecular weight excluding hydrogens is 303 g/mol. The highest BCUT2D eigenvalue weighted by molar-refractivity contribution is 7.89. The van der Waals surface area contributed by atoms with Crippen molar-refractivity contribution in [1.29, 1.82) is 0 Å². The van der Waals surface area contributed by atoms with Crippen LogP contribution < -0.4 is 0 Å². The largest absolute Gasteiger partial charge is 0.246 e. The highest BCUT2D eigenvalue weighted by Gasteiger charge is 2.25. The first-order chi connectivity index (χ1) is 9.80. The molecule has 0 aliphatic carbocycles. The van der Waals surface area contributed by atoms with Gasteiger partial charge in [-0.15, -0.1) is 0 Å². The van der Waals surface area contributed by atoms with E-state index in [1.807, 2.05) is 0 Å². The minimum atomic E-state index is -4.18. The van der Waals surface area contributed by atoms with Gasteiger partial charge in [-0.25, -0.2) is 21.6 Å². The van der Waals surface area contributed by atoms with Crippen molar-refractivity contribution in [1.82, 2.24) is 4.31 Å². The Balaban J connectivity index is 2.30. The third-order valence-corrected chi connectivity index (χ3v) is 4.72. The van der Waals surface area contributed by atoms with Gasteiger partial charge < -0.3 is 0 Å². The van der Waals surface area contributed by atoms with E-state index in [2.05, 4.69) is 0 Å². The molecule has 0 aliphatic heterocycles. The van der Waals surface area contributed by atoms with Crippen LogP contribution in [0, 0.1) is 17.5 Å². The highest BCUT2D eigenvalue weighted by Crippen LogP contribution is 2.21. The van der Waals surface area contributed by atoms with Crippen molar-refractivity contribution < 1.29 is 21.6 Å². The fourth-order valence-electron chi connectivity index (χ4n) is 1.77. The number of halogens is 3.